The lowest BCUT2D eigenvalue weighted by Crippen LogP contribution is -2.35. The average molecular weight is 391 g/mol. The molecule has 0 unspecified atom stereocenters. The molecule has 0 bridgehead atoms. The van der Waals surface area contributed by atoms with Gasteiger partial charge in [0.1, 0.15) is 5.82 Å². The highest BCUT2D eigenvalue weighted by Gasteiger charge is 2.20. The number of sulfonamides is 1. The van der Waals surface area contributed by atoms with Crippen LogP contribution in [0.25, 0.3) is 0 Å². The predicted octanol–water partition coefficient (Wildman–Crippen LogP) is 1.40. The van der Waals surface area contributed by atoms with Crippen molar-refractivity contribution in [3.63, 3.8) is 0 Å². The van der Waals surface area contributed by atoms with Crippen molar-refractivity contribution in [1.82, 2.24) is 19.9 Å². The van der Waals surface area contributed by atoms with Crippen LogP contribution in [-0.4, -0.2) is 51.9 Å². The van der Waals surface area contributed by atoms with Gasteiger partial charge in [-0.1, -0.05) is 18.2 Å². The van der Waals surface area contributed by atoms with E-state index in [4.69, 9.17) is 0 Å². The second-order valence-corrected chi connectivity index (χ2v) is 8.47. The van der Waals surface area contributed by atoms with Crippen molar-refractivity contribution in [3.8, 4) is 0 Å². The van der Waals surface area contributed by atoms with Gasteiger partial charge in [-0.25, -0.2) is 22.5 Å². The SMILES string of the molecule is CN(C)c1cc(CNC(=O)NCc2ccccc2S(=O)(=O)N(C)C)ccn1. The molecule has 1 aromatic carbocycles. The van der Waals surface area contributed by atoms with Crippen LogP contribution in [0.15, 0.2) is 47.5 Å². The molecule has 0 atom stereocenters. The first-order valence-corrected chi connectivity index (χ1v) is 9.80. The number of pyridine rings is 1. The Hall–Kier alpha value is -2.65. The van der Waals surface area contributed by atoms with E-state index in [1.165, 1.54) is 20.2 Å². The van der Waals surface area contributed by atoms with Crippen LogP contribution in [0.5, 0.6) is 0 Å². The number of carbonyl (C=O) groups excluding carboxylic acids is 1. The van der Waals surface area contributed by atoms with E-state index < -0.39 is 10.0 Å². The van der Waals surface area contributed by atoms with Gasteiger partial charge in [0.25, 0.3) is 0 Å². The summed E-state index contributed by atoms with van der Waals surface area (Å²) in [5, 5.41) is 5.46. The fraction of sp³-hybridized carbons (Fsp3) is 0.333. The van der Waals surface area contributed by atoms with Crippen LogP contribution in [0, 0.1) is 0 Å². The largest absolute Gasteiger partial charge is 0.363 e. The normalized spacial score (nSPS) is 11.3. The fourth-order valence-corrected chi connectivity index (χ4v) is 3.45. The number of nitrogens with one attached hydrogen (secondary N) is 2. The lowest BCUT2D eigenvalue weighted by Gasteiger charge is -2.16. The highest BCUT2D eigenvalue weighted by Crippen LogP contribution is 2.18. The third-order valence-electron chi connectivity index (χ3n) is 3.89. The van der Waals surface area contributed by atoms with Gasteiger partial charge >= 0.3 is 6.03 Å². The Balaban J connectivity index is 1.98. The van der Waals surface area contributed by atoms with Crippen LogP contribution in [0.3, 0.4) is 0 Å². The highest BCUT2D eigenvalue weighted by molar-refractivity contribution is 7.89. The van der Waals surface area contributed by atoms with E-state index in [0.717, 1.165) is 15.7 Å². The Morgan fingerprint density at radius 1 is 1.04 bits per heavy atom. The molecule has 1 heterocycles. The summed E-state index contributed by atoms with van der Waals surface area (Å²) in [4.78, 5) is 18.4. The summed E-state index contributed by atoms with van der Waals surface area (Å²) < 4.78 is 25.9. The van der Waals surface area contributed by atoms with Crippen molar-refractivity contribution in [2.45, 2.75) is 18.0 Å². The van der Waals surface area contributed by atoms with Crippen molar-refractivity contribution in [1.29, 1.82) is 0 Å². The minimum absolute atomic E-state index is 0.106. The van der Waals surface area contributed by atoms with E-state index in [1.54, 1.807) is 24.4 Å². The Morgan fingerprint density at radius 2 is 1.70 bits per heavy atom. The molecule has 2 N–H and O–H groups in total. The van der Waals surface area contributed by atoms with Crippen molar-refractivity contribution >= 4 is 21.9 Å². The minimum Gasteiger partial charge on any atom is -0.363 e. The van der Waals surface area contributed by atoms with Crippen LogP contribution in [0.4, 0.5) is 10.6 Å². The fourth-order valence-electron chi connectivity index (χ4n) is 2.33. The number of hydrogen-bond donors (Lipinski definition) is 2. The summed E-state index contributed by atoms with van der Waals surface area (Å²) in [6.45, 7) is 0.446. The molecule has 0 fully saturated rings. The van der Waals surface area contributed by atoms with Gasteiger partial charge in [0.05, 0.1) is 4.90 Å². The zero-order chi connectivity index (χ0) is 20.0. The maximum atomic E-state index is 12.4. The van der Waals surface area contributed by atoms with Gasteiger partial charge < -0.3 is 15.5 Å². The molecule has 2 rings (SSSR count). The molecule has 0 radical (unpaired) electrons. The Labute approximate surface area is 160 Å². The highest BCUT2D eigenvalue weighted by atomic mass is 32.2. The van der Waals surface area contributed by atoms with Gasteiger partial charge in [0, 0.05) is 47.5 Å². The summed E-state index contributed by atoms with van der Waals surface area (Å²) in [7, 11) is 3.17. The summed E-state index contributed by atoms with van der Waals surface area (Å²) >= 11 is 0. The van der Waals surface area contributed by atoms with Gasteiger partial charge in [-0.3, -0.25) is 0 Å². The van der Waals surface area contributed by atoms with E-state index in [9.17, 15) is 13.2 Å². The first-order chi connectivity index (χ1) is 12.7. The zero-order valence-corrected chi connectivity index (χ0v) is 16.7. The van der Waals surface area contributed by atoms with E-state index in [2.05, 4.69) is 15.6 Å². The van der Waals surface area contributed by atoms with Crippen LogP contribution in [-0.2, 0) is 23.1 Å². The summed E-state index contributed by atoms with van der Waals surface area (Å²) in [5.74, 6) is 0.803. The molecule has 9 heteroatoms. The first kappa shape index (κ1) is 20.7. The van der Waals surface area contributed by atoms with Crippen molar-refractivity contribution in [2.24, 2.45) is 0 Å². The second-order valence-electron chi connectivity index (χ2n) is 6.35. The summed E-state index contributed by atoms with van der Waals surface area (Å²) in [5.41, 5.74) is 1.44. The second kappa shape index (κ2) is 8.83. The number of hydrogen-bond acceptors (Lipinski definition) is 5. The van der Waals surface area contributed by atoms with Crippen LogP contribution in [0.1, 0.15) is 11.1 Å². The number of nitrogens with zero attached hydrogens (tertiary/aromatic N) is 3. The monoisotopic (exact) mass is 391 g/mol. The maximum absolute atomic E-state index is 12.4. The van der Waals surface area contributed by atoms with Gasteiger partial charge in [0.15, 0.2) is 0 Å². The molecule has 0 spiro atoms. The predicted molar refractivity (Wildman–Crippen MR) is 105 cm³/mol. The third-order valence-corrected chi connectivity index (χ3v) is 5.81. The van der Waals surface area contributed by atoms with Crippen molar-refractivity contribution in [2.75, 3.05) is 33.1 Å². The molecule has 0 aliphatic carbocycles. The Bertz CT molecular complexity index is 897. The molecule has 0 aliphatic rings. The quantitative estimate of drug-likeness (QED) is 0.744. The number of anilines is 1. The van der Waals surface area contributed by atoms with Gasteiger partial charge in [-0.05, 0) is 29.3 Å². The van der Waals surface area contributed by atoms with E-state index in [0.29, 0.717) is 12.1 Å². The molecule has 1 aromatic heterocycles. The molecule has 0 saturated heterocycles. The lowest BCUT2D eigenvalue weighted by atomic mass is 10.2. The van der Waals surface area contributed by atoms with E-state index >= 15 is 0 Å². The lowest BCUT2D eigenvalue weighted by molar-refractivity contribution is 0.240. The van der Waals surface area contributed by atoms with E-state index in [1.807, 2.05) is 31.1 Å². The van der Waals surface area contributed by atoms with Gasteiger partial charge in [0.2, 0.25) is 10.0 Å². The third kappa shape index (κ3) is 5.41. The minimum atomic E-state index is -3.57. The summed E-state index contributed by atoms with van der Waals surface area (Å²) in [6.07, 6.45) is 1.69. The molecule has 27 heavy (non-hydrogen) atoms. The topological polar surface area (TPSA) is 94.6 Å². The molecule has 146 valence electrons. The van der Waals surface area contributed by atoms with Gasteiger partial charge in [-0.2, -0.15) is 0 Å². The zero-order valence-electron chi connectivity index (χ0n) is 15.9. The van der Waals surface area contributed by atoms with E-state index in [-0.39, 0.29) is 17.5 Å². The molecule has 8 nitrogen and oxygen atoms in total. The molecular formula is C18H25N5O3S. The molecule has 0 saturated carbocycles. The number of rotatable bonds is 7. The number of urea groups is 1. The standard InChI is InChI=1S/C18H25N5O3S/c1-22(2)17-11-14(9-10-19-17)12-20-18(24)21-13-15-7-5-6-8-16(15)27(25,26)23(3)4/h5-11H,12-13H2,1-4H3,(H2,20,21,24). The smallest absolute Gasteiger partial charge is 0.315 e. The van der Waals surface area contributed by atoms with Gasteiger partial charge in [-0.15, -0.1) is 0 Å². The number of aromatic nitrogens is 1. The Kier molecular flexibility index (Phi) is 6.75. The average Bonchev–Trinajstić information content (AvgIpc) is 2.65. The summed E-state index contributed by atoms with van der Waals surface area (Å²) in [6, 6.07) is 9.95. The van der Waals surface area contributed by atoms with Crippen LogP contribution >= 0.6 is 0 Å². The first-order valence-electron chi connectivity index (χ1n) is 8.36. The van der Waals surface area contributed by atoms with Crippen LogP contribution in [0.2, 0.25) is 0 Å². The molecule has 2 amide bonds. The number of benzene rings is 1. The molecule has 0 aliphatic heterocycles. The number of amides is 2. The van der Waals surface area contributed by atoms with Crippen LogP contribution < -0.4 is 15.5 Å². The maximum Gasteiger partial charge on any atom is 0.315 e. The molecule has 2 aromatic rings. The molecular weight excluding hydrogens is 366 g/mol. The van der Waals surface area contributed by atoms with Crippen molar-refractivity contribution in [3.05, 3.63) is 53.7 Å². The van der Waals surface area contributed by atoms with Crippen molar-refractivity contribution < 1.29 is 13.2 Å². The number of carbonyl (C=O) groups is 1. The Morgan fingerprint density at radius 3 is 2.37 bits per heavy atom.